The molecule has 0 aliphatic heterocycles. The average Bonchev–Trinajstić information content (AvgIpc) is 2.59. The Balaban J connectivity index is 2.08. The van der Waals surface area contributed by atoms with Crippen LogP contribution in [0.1, 0.15) is 26.3 Å². The van der Waals surface area contributed by atoms with E-state index in [0.29, 0.717) is 22.2 Å². The van der Waals surface area contributed by atoms with Crippen molar-refractivity contribution < 1.29 is 9.53 Å². The van der Waals surface area contributed by atoms with Crippen LogP contribution in [0.2, 0.25) is 0 Å². The largest absolute Gasteiger partial charge is 0.444 e. The van der Waals surface area contributed by atoms with Gasteiger partial charge in [0.15, 0.2) is 10.8 Å². The van der Waals surface area contributed by atoms with E-state index in [1.165, 1.54) is 16.3 Å². The highest BCUT2D eigenvalue weighted by molar-refractivity contribution is 7.98. The molecule has 28 heavy (non-hydrogen) atoms. The molecule has 2 heterocycles. The fourth-order valence-corrected chi connectivity index (χ4v) is 3.07. The van der Waals surface area contributed by atoms with Crippen molar-refractivity contribution in [3.63, 3.8) is 0 Å². The van der Waals surface area contributed by atoms with Crippen LogP contribution < -0.4 is 10.9 Å². The lowest BCUT2D eigenvalue weighted by Crippen LogP contribution is -2.27. The molecule has 146 valence electrons. The van der Waals surface area contributed by atoms with Crippen LogP contribution in [0.5, 0.6) is 0 Å². The van der Waals surface area contributed by atoms with E-state index in [2.05, 4.69) is 15.3 Å². The van der Waals surface area contributed by atoms with E-state index in [4.69, 9.17) is 4.74 Å². The first-order chi connectivity index (χ1) is 13.2. The fourth-order valence-electron chi connectivity index (χ4n) is 2.73. The van der Waals surface area contributed by atoms with Crippen molar-refractivity contribution in [2.45, 2.75) is 38.5 Å². The quantitative estimate of drug-likeness (QED) is 0.527. The predicted molar refractivity (Wildman–Crippen MR) is 112 cm³/mol. The number of carbonyl (C=O) groups excluding carboxylic acids is 1. The molecule has 0 unspecified atom stereocenters. The number of benzene rings is 1. The highest BCUT2D eigenvalue weighted by atomic mass is 32.2. The average molecular weight is 398 g/mol. The van der Waals surface area contributed by atoms with Crippen LogP contribution in [0.15, 0.2) is 46.5 Å². The summed E-state index contributed by atoms with van der Waals surface area (Å²) < 4.78 is 6.80. The first-order valence-electron chi connectivity index (χ1n) is 8.72. The second-order valence-corrected chi connectivity index (χ2v) is 8.05. The Morgan fingerprint density at radius 1 is 1.25 bits per heavy atom. The number of fused-ring (bicyclic) bond motifs is 1. The number of nitrogens with one attached hydrogen (secondary N) is 1. The minimum Gasteiger partial charge on any atom is -0.444 e. The van der Waals surface area contributed by atoms with Gasteiger partial charge in [0.05, 0.1) is 5.69 Å². The van der Waals surface area contributed by atoms with E-state index in [-0.39, 0.29) is 5.56 Å². The van der Waals surface area contributed by atoms with E-state index in [0.717, 1.165) is 10.9 Å². The minimum atomic E-state index is -0.600. The molecule has 0 saturated heterocycles. The van der Waals surface area contributed by atoms with Crippen LogP contribution in [-0.2, 0) is 4.74 Å². The van der Waals surface area contributed by atoms with Crippen molar-refractivity contribution in [2.24, 2.45) is 0 Å². The van der Waals surface area contributed by atoms with Gasteiger partial charge in [-0.25, -0.2) is 14.8 Å². The Morgan fingerprint density at radius 2 is 2.00 bits per heavy atom. The Morgan fingerprint density at radius 3 is 2.68 bits per heavy atom. The van der Waals surface area contributed by atoms with Crippen molar-refractivity contribution in [3.8, 4) is 5.69 Å². The molecule has 3 rings (SSSR count). The lowest BCUT2D eigenvalue weighted by atomic mass is 10.2. The number of anilines is 1. The Hall–Kier alpha value is -2.87. The van der Waals surface area contributed by atoms with Crippen LogP contribution >= 0.6 is 11.8 Å². The zero-order valence-corrected chi connectivity index (χ0v) is 17.3. The van der Waals surface area contributed by atoms with Gasteiger partial charge in [-0.05, 0) is 57.7 Å². The van der Waals surface area contributed by atoms with Crippen LogP contribution in [0, 0.1) is 6.92 Å². The molecular weight excluding hydrogens is 376 g/mol. The highest BCUT2D eigenvalue weighted by Gasteiger charge is 2.17. The Bertz CT molecular complexity index is 1100. The molecule has 0 spiro atoms. The maximum absolute atomic E-state index is 12.8. The van der Waals surface area contributed by atoms with Gasteiger partial charge in [-0.3, -0.25) is 14.7 Å². The van der Waals surface area contributed by atoms with Gasteiger partial charge in [0.1, 0.15) is 5.60 Å². The summed E-state index contributed by atoms with van der Waals surface area (Å²) in [6.45, 7) is 7.24. The van der Waals surface area contributed by atoms with Crippen molar-refractivity contribution >= 4 is 34.6 Å². The molecule has 0 atom stereocenters. The Kier molecular flexibility index (Phi) is 5.42. The first-order valence-corrected chi connectivity index (χ1v) is 9.94. The number of thioether (sulfide) groups is 1. The summed E-state index contributed by atoms with van der Waals surface area (Å²) in [5.74, 6) is 0. The summed E-state index contributed by atoms with van der Waals surface area (Å²) in [5, 5.41) is 4.07. The maximum Gasteiger partial charge on any atom is 0.412 e. The maximum atomic E-state index is 12.8. The smallest absolute Gasteiger partial charge is 0.412 e. The summed E-state index contributed by atoms with van der Waals surface area (Å²) in [4.78, 5) is 33.7. The predicted octanol–water partition coefficient (Wildman–Crippen LogP) is 4.16. The van der Waals surface area contributed by atoms with Gasteiger partial charge < -0.3 is 4.74 Å². The topological polar surface area (TPSA) is 86.1 Å². The Labute approximate surface area is 167 Å². The number of carbonyl (C=O) groups is 1. The summed E-state index contributed by atoms with van der Waals surface area (Å²) in [6, 6.07) is 8.55. The molecule has 0 fully saturated rings. The standard InChI is InChI=1S/C20H22N4O3S/c1-12-9-16(25)24(17-15(12)11-21-18(23-17)28-5)14-8-6-7-13(10-14)22-19(26)27-20(2,3)4/h6-11H,1-5H3,(H,22,26). The van der Waals surface area contributed by atoms with Gasteiger partial charge in [0, 0.05) is 23.3 Å². The molecular formula is C20H22N4O3S. The third kappa shape index (κ3) is 4.33. The lowest BCUT2D eigenvalue weighted by Gasteiger charge is -2.20. The third-order valence-electron chi connectivity index (χ3n) is 3.88. The van der Waals surface area contributed by atoms with Gasteiger partial charge >= 0.3 is 6.09 Å². The number of amides is 1. The molecule has 2 aromatic heterocycles. The summed E-state index contributed by atoms with van der Waals surface area (Å²) in [7, 11) is 0. The van der Waals surface area contributed by atoms with E-state index in [9.17, 15) is 9.59 Å². The number of pyridine rings is 1. The normalized spacial score (nSPS) is 11.5. The van der Waals surface area contributed by atoms with Crippen molar-refractivity contribution in [3.05, 3.63) is 52.4 Å². The first kappa shape index (κ1) is 19.9. The van der Waals surface area contributed by atoms with Crippen LogP contribution in [0.25, 0.3) is 16.7 Å². The van der Waals surface area contributed by atoms with Crippen molar-refractivity contribution in [1.29, 1.82) is 0 Å². The van der Waals surface area contributed by atoms with Crippen LogP contribution in [0.3, 0.4) is 0 Å². The molecule has 1 N–H and O–H groups in total. The van der Waals surface area contributed by atoms with Crippen LogP contribution in [0.4, 0.5) is 10.5 Å². The summed E-state index contributed by atoms with van der Waals surface area (Å²) in [5.41, 5.74) is 1.65. The zero-order chi connectivity index (χ0) is 20.5. The number of hydrogen-bond donors (Lipinski definition) is 1. The second-order valence-electron chi connectivity index (χ2n) is 7.27. The van der Waals surface area contributed by atoms with Gasteiger partial charge in [-0.15, -0.1) is 0 Å². The molecule has 1 amide bonds. The van der Waals surface area contributed by atoms with Gasteiger partial charge in [0.25, 0.3) is 5.56 Å². The van der Waals surface area contributed by atoms with E-state index >= 15 is 0 Å². The van der Waals surface area contributed by atoms with Gasteiger partial charge in [0.2, 0.25) is 0 Å². The molecule has 7 nitrogen and oxygen atoms in total. The molecule has 0 aliphatic rings. The van der Waals surface area contributed by atoms with E-state index in [1.54, 1.807) is 57.3 Å². The summed E-state index contributed by atoms with van der Waals surface area (Å²) in [6.07, 6.45) is 3.05. The number of hydrogen-bond acceptors (Lipinski definition) is 6. The molecule has 0 saturated carbocycles. The third-order valence-corrected chi connectivity index (χ3v) is 4.44. The minimum absolute atomic E-state index is 0.204. The number of nitrogens with zero attached hydrogens (tertiary/aromatic N) is 3. The zero-order valence-electron chi connectivity index (χ0n) is 16.4. The lowest BCUT2D eigenvalue weighted by molar-refractivity contribution is 0.0636. The molecule has 0 bridgehead atoms. The molecule has 1 aromatic carbocycles. The number of aromatic nitrogens is 3. The van der Waals surface area contributed by atoms with E-state index < -0.39 is 11.7 Å². The van der Waals surface area contributed by atoms with Crippen molar-refractivity contribution in [1.82, 2.24) is 14.5 Å². The fraction of sp³-hybridized carbons (Fsp3) is 0.300. The second kappa shape index (κ2) is 7.63. The molecule has 0 aliphatic carbocycles. The SMILES string of the molecule is CSc1ncc2c(C)cc(=O)n(-c3cccc(NC(=O)OC(C)(C)C)c3)c2n1. The summed E-state index contributed by atoms with van der Waals surface area (Å²) >= 11 is 1.40. The molecule has 0 radical (unpaired) electrons. The molecule has 8 heteroatoms. The van der Waals surface area contributed by atoms with Gasteiger partial charge in [-0.1, -0.05) is 17.8 Å². The molecule has 3 aromatic rings. The van der Waals surface area contributed by atoms with Crippen molar-refractivity contribution in [2.75, 3.05) is 11.6 Å². The number of ether oxygens (including phenoxy) is 1. The van der Waals surface area contributed by atoms with Gasteiger partial charge in [-0.2, -0.15) is 0 Å². The highest BCUT2D eigenvalue weighted by Crippen LogP contribution is 2.22. The number of rotatable bonds is 3. The van der Waals surface area contributed by atoms with Crippen LogP contribution in [-0.4, -0.2) is 32.5 Å². The monoisotopic (exact) mass is 398 g/mol. The number of aryl methyl sites for hydroxylation is 1. The van der Waals surface area contributed by atoms with E-state index in [1.807, 2.05) is 13.2 Å².